The van der Waals surface area contributed by atoms with E-state index in [0.717, 1.165) is 36.8 Å². The fraction of sp³-hybridized carbons (Fsp3) is 0.368. The molecule has 1 aliphatic rings. The highest BCUT2D eigenvalue weighted by Crippen LogP contribution is 2.49. The number of ether oxygens (including phenoxy) is 2. The average molecular weight is 599 g/mol. The summed E-state index contributed by atoms with van der Waals surface area (Å²) in [6.07, 6.45) is 5.41. The minimum absolute atomic E-state index is 0.146. The van der Waals surface area contributed by atoms with Gasteiger partial charge < -0.3 is 20.9 Å². The van der Waals surface area contributed by atoms with Crippen molar-refractivity contribution >= 4 is 11.4 Å². The normalized spacial score (nSPS) is 15.2. The second-order valence-corrected chi connectivity index (χ2v) is 14.1. The molecule has 1 fully saturated rings. The van der Waals surface area contributed by atoms with Gasteiger partial charge in [0.25, 0.3) is 0 Å². The molecule has 1 saturated carbocycles. The van der Waals surface area contributed by atoms with Crippen LogP contribution < -0.4 is 20.9 Å². The van der Waals surface area contributed by atoms with Gasteiger partial charge in [-0.25, -0.2) is 8.78 Å². The highest BCUT2D eigenvalue weighted by atomic mass is 19.1. The van der Waals surface area contributed by atoms with Gasteiger partial charge in [0, 0.05) is 40.0 Å². The monoisotopic (exact) mass is 598 g/mol. The number of nitrogens with two attached hydrogens (primary N) is 2. The van der Waals surface area contributed by atoms with Gasteiger partial charge in [-0.15, -0.1) is 0 Å². The Morgan fingerprint density at radius 3 is 1.30 bits per heavy atom. The Bertz CT molecular complexity index is 1540. The van der Waals surface area contributed by atoms with E-state index >= 15 is 0 Å². The van der Waals surface area contributed by atoms with Gasteiger partial charge >= 0.3 is 0 Å². The van der Waals surface area contributed by atoms with E-state index in [9.17, 15) is 8.78 Å². The molecule has 0 amide bonds. The average Bonchev–Trinajstić information content (AvgIpc) is 2.95. The van der Waals surface area contributed by atoms with Crippen molar-refractivity contribution in [3.05, 3.63) is 107 Å². The summed E-state index contributed by atoms with van der Waals surface area (Å²) in [5.41, 5.74) is 15.9. The fourth-order valence-electron chi connectivity index (χ4n) is 6.34. The molecule has 5 rings (SSSR count). The van der Waals surface area contributed by atoms with Gasteiger partial charge in [0.15, 0.2) is 23.1 Å². The van der Waals surface area contributed by atoms with Crippen molar-refractivity contribution in [3.63, 3.8) is 0 Å². The summed E-state index contributed by atoms with van der Waals surface area (Å²) in [5, 5.41) is 0. The number of benzene rings is 4. The second kappa shape index (κ2) is 11.8. The van der Waals surface area contributed by atoms with Crippen LogP contribution >= 0.6 is 0 Å². The Kier molecular flexibility index (Phi) is 8.41. The summed E-state index contributed by atoms with van der Waals surface area (Å²) in [4.78, 5) is 0. The standard InChI is InChI=1S/C38H44F2N2O2/c1-36(2,3)28-20-24(10-14-32(28)43-34-16-12-26(41)22-30(34)39)38(18-8-7-9-19-38)25-11-15-33(29(21-25)37(4,5)6)44-35-17-13-27(42)23-31(35)40/h10-17,20-23H,7-9,18-19,41-42H2,1-6H3. The Labute approximate surface area is 260 Å². The van der Waals surface area contributed by atoms with Crippen molar-refractivity contribution in [2.24, 2.45) is 0 Å². The Balaban J connectivity index is 1.61. The molecule has 0 saturated heterocycles. The number of hydrogen-bond acceptors (Lipinski definition) is 4. The summed E-state index contributed by atoms with van der Waals surface area (Å²) < 4.78 is 41.8. The van der Waals surface area contributed by atoms with E-state index < -0.39 is 11.6 Å². The topological polar surface area (TPSA) is 70.5 Å². The van der Waals surface area contributed by atoms with E-state index in [4.69, 9.17) is 20.9 Å². The lowest BCUT2D eigenvalue weighted by molar-refractivity contribution is 0.343. The molecule has 0 heterocycles. The van der Waals surface area contributed by atoms with Gasteiger partial charge in [-0.3, -0.25) is 0 Å². The summed E-state index contributed by atoms with van der Waals surface area (Å²) in [7, 11) is 0. The lowest BCUT2D eigenvalue weighted by atomic mass is 9.64. The van der Waals surface area contributed by atoms with Crippen LogP contribution in [0, 0.1) is 11.6 Å². The smallest absolute Gasteiger partial charge is 0.167 e. The Morgan fingerprint density at radius 2 is 0.932 bits per heavy atom. The maximum atomic E-state index is 14.7. The molecule has 1 aliphatic carbocycles. The first kappa shape index (κ1) is 31.4. The van der Waals surface area contributed by atoms with Crippen molar-refractivity contribution in [3.8, 4) is 23.0 Å². The van der Waals surface area contributed by atoms with Crippen molar-refractivity contribution < 1.29 is 18.3 Å². The number of nitrogen functional groups attached to an aromatic ring is 2. The number of rotatable bonds is 6. The zero-order valence-corrected chi connectivity index (χ0v) is 26.7. The first-order chi connectivity index (χ1) is 20.7. The molecule has 4 aromatic rings. The Morgan fingerprint density at radius 1 is 0.545 bits per heavy atom. The van der Waals surface area contributed by atoms with Crippen LogP contribution in [-0.2, 0) is 16.2 Å². The molecule has 44 heavy (non-hydrogen) atoms. The number of anilines is 2. The van der Waals surface area contributed by atoms with Gasteiger partial charge in [-0.2, -0.15) is 0 Å². The summed E-state index contributed by atoms with van der Waals surface area (Å²) in [5.74, 6) is 0.559. The molecule has 232 valence electrons. The van der Waals surface area contributed by atoms with Crippen LogP contribution in [-0.4, -0.2) is 0 Å². The molecule has 0 bridgehead atoms. The van der Waals surface area contributed by atoms with Gasteiger partial charge in [0.05, 0.1) is 0 Å². The number of hydrogen-bond donors (Lipinski definition) is 2. The molecule has 0 aliphatic heterocycles. The van der Waals surface area contributed by atoms with Crippen molar-refractivity contribution in [1.82, 2.24) is 0 Å². The molecule has 6 heteroatoms. The van der Waals surface area contributed by atoms with E-state index in [0.29, 0.717) is 22.9 Å². The predicted octanol–water partition coefficient (Wildman–Crippen LogP) is 10.6. The summed E-state index contributed by atoms with van der Waals surface area (Å²) in [6, 6.07) is 21.7. The summed E-state index contributed by atoms with van der Waals surface area (Å²) in [6.45, 7) is 12.9. The third-order valence-electron chi connectivity index (χ3n) is 8.74. The third kappa shape index (κ3) is 6.40. The third-order valence-corrected chi connectivity index (χ3v) is 8.74. The molecule has 0 atom stereocenters. The summed E-state index contributed by atoms with van der Waals surface area (Å²) >= 11 is 0. The second-order valence-electron chi connectivity index (χ2n) is 14.1. The first-order valence-corrected chi connectivity index (χ1v) is 15.4. The fourth-order valence-corrected chi connectivity index (χ4v) is 6.34. The molecular weight excluding hydrogens is 554 g/mol. The zero-order valence-electron chi connectivity index (χ0n) is 26.7. The molecule has 0 unspecified atom stereocenters. The molecule has 4 N–H and O–H groups in total. The van der Waals surface area contributed by atoms with Gasteiger partial charge in [-0.05, 0) is 71.2 Å². The predicted molar refractivity (Wildman–Crippen MR) is 176 cm³/mol. The number of halogens is 2. The molecule has 0 spiro atoms. The van der Waals surface area contributed by atoms with Gasteiger partial charge in [-0.1, -0.05) is 85.1 Å². The maximum absolute atomic E-state index is 14.7. The van der Waals surface area contributed by atoms with E-state index in [1.807, 2.05) is 12.1 Å². The maximum Gasteiger partial charge on any atom is 0.167 e. The molecule has 4 nitrogen and oxygen atoms in total. The lowest BCUT2D eigenvalue weighted by Crippen LogP contribution is -2.31. The minimum atomic E-state index is -0.492. The lowest BCUT2D eigenvalue weighted by Gasteiger charge is -2.40. The van der Waals surface area contributed by atoms with Crippen LogP contribution in [0.4, 0.5) is 20.2 Å². The largest absolute Gasteiger partial charge is 0.454 e. The minimum Gasteiger partial charge on any atom is -0.454 e. The SMILES string of the molecule is CC(C)(C)c1cc(C2(c3ccc(Oc4ccc(N)cc4F)c(C(C)(C)C)c3)CCCCC2)ccc1Oc1ccc(N)cc1F. The highest BCUT2D eigenvalue weighted by molar-refractivity contribution is 5.54. The molecule has 0 aromatic heterocycles. The molecule has 0 radical (unpaired) electrons. The van der Waals surface area contributed by atoms with E-state index in [1.165, 1.54) is 29.7 Å². The van der Waals surface area contributed by atoms with Crippen LogP contribution in [0.15, 0.2) is 72.8 Å². The van der Waals surface area contributed by atoms with Crippen molar-refractivity contribution in [2.45, 2.75) is 89.9 Å². The quantitative estimate of drug-likeness (QED) is 0.217. The van der Waals surface area contributed by atoms with Crippen molar-refractivity contribution in [2.75, 3.05) is 11.5 Å². The van der Waals surface area contributed by atoms with E-state index in [-0.39, 0.29) is 27.7 Å². The van der Waals surface area contributed by atoms with Gasteiger partial charge in [0.2, 0.25) is 0 Å². The highest BCUT2D eigenvalue weighted by Gasteiger charge is 2.38. The van der Waals surface area contributed by atoms with E-state index in [2.05, 4.69) is 65.8 Å². The van der Waals surface area contributed by atoms with Crippen molar-refractivity contribution in [1.29, 1.82) is 0 Å². The van der Waals surface area contributed by atoms with Gasteiger partial charge in [0.1, 0.15) is 11.5 Å². The van der Waals surface area contributed by atoms with Crippen LogP contribution in [0.25, 0.3) is 0 Å². The van der Waals surface area contributed by atoms with Crippen LogP contribution in [0.3, 0.4) is 0 Å². The van der Waals surface area contributed by atoms with Crippen LogP contribution in [0.1, 0.15) is 95.9 Å². The van der Waals surface area contributed by atoms with Crippen LogP contribution in [0.5, 0.6) is 23.0 Å². The van der Waals surface area contributed by atoms with E-state index in [1.54, 1.807) is 24.3 Å². The molecular formula is C38H44F2N2O2. The van der Waals surface area contributed by atoms with Crippen LogP contribution in [0.2, 0.25) is 0 Å². The zero-order chi connectivity index (χ0) is 31.9. The first-order valence-electron chi connectivity index (χ1n) is 15.4. The molecule has 4 aromatic carbocycles. The Hall–Kier alpha value is -4.06.